The van der Waals surface area contributed by atoms with E-state index in [4.69, 9.17) is 0 Å². The Labute approximate surface area is 109 Å². The highest BCUT2D eigenvalue weighted by Gasteiger charge is 2.08. The molecule has 0 aliphatic heterocycles. The maximum atomic E-state index is 13.0. The van der Waals surface area contributed by atoms with Gasteiger partial charge in [0.15, 0.2) is 11.6 Å². The second-order valence-electron chi connectivity index (χ2n) is 4.00. The first-order valence-electron chi connectivity index (χ1n) is 5.79. The predicted molar refractivity (Wildman–Crippen MR) is 66.6 cm³/mol. The van der Waals surface area contributed by atoms with E-state index in [0.717, 1.165) is 17.7 Å². The van der Waals surface area contributed by atoms with Crippen LogP contribution in [0.2, 0.25) is 0 Å². The van der Waals surface area contributed by atoms with Gasteiger partial charge in [0.25, 0.3) is 5.91 Å². The number of carbonyl (C=O) groups is 1. The summed E-state index contributed by atoms with van der Waals surface area (Å²) in [6.45, 7) is 0.406. The molecule has 0 aliphatic rings. The van der Waals surface area contributed by atoms with Gasteiger partial charge >= 0.3 is 0 Å². The predicted octanol–water partition coefficient (Wildman–Crippen LogP) is 2.33. The van der Waals surface area contributed by atoms with Crippen molar-refractivity contribution in [2.24, 2.45) is 0 Å². The summed E-state index contributed by atoms with van der Waals surface area (Å²) in [5, 5.41) is 2.64. The molecule has 1 N–H and O–H groups in total. The van der Waals surface area contributed by atoms with Gasteiger partial charge in [-0.05, 0) is 36.2 Å². The summed E-state index contributed by atoms with van der Waals surface area (Å²) in [4.78, 5) is 15.6. The molecule has 2 aromatic rings. The molecule has 1 amide bonds. The molecule has 0 aliphatic carbocycles. The molecule has 1 aromatic heterocycles. The van der Waals surface area contributed by atoms with E-state index in [1.807, 2.05) is 12.1 Å². The van der Waals surface area contributed by atoms with Gasteiger partial charge in [-0.2, -0.15) is 0 Å². The van der Waals surface area contributed by atoms with Crippen LogP contribution in [0.4, 0.5) is 8.78 Å². The van der Waals surface area contributed by atoms with Crippen molar-refractivity contribution in [1.29, 1.82) is 0 Å². The lowest BCUT2D eigenvalue weighted by Gasteiger charge is -2.05. The molecule has 0 unspecified atom stereocenters. The SMILES string of the molecule is O=C(NCCc1cccnc1)c1ccc(F)c(F)c1. The summed E-state index contributed by atoms with van der Waals surface area (Å²) in [5.74, 6) is -2.42. The zero-order chi connectivity index (χ0) is 13.7. The molecular formula is C14H12F2N2O. The molecule has 0 radical (unpaired) electrons. The van der Waals surface area contributed by atoms with E-state index in [0.29, 0.717) is 13.0 Å². The Morgan fingerprint density at radius 1 is 1.21 bits per heavy atom. The Morgan fingerprint density at radius 2 is 2.05 bits per heavy atom. The maximum Gasteiger partial charge on any atom is 0.251 e. The van der Waals surface area contributed by atoms with Gasteiger partial charge in [-0.25, -0.2) is 8.78 Å². The van der Waals surface area contributed by atoms with Crippen LogP contribution in [-0.4, -0.2) is 17.4 Å². The van der Waals surface area contributed by atoms with Crippen LogP contribution >= 0.6 is 0 Å². The number of nitrogens with one attached hydrogen (secondary N) is 1. The number of hydrogen-bond acceptors (Lipinski definition) is 2. The summed E-state index contributed by atoms with van der Waals surface area (Å²) in [5.41, 5.74) is 1.10. The summed E-state index contributed by atoms with van der Waals surface area (Å²) in [6.07, 6.45) is 4.01. The Balaban J connectivity index is 1.89. The third kappa shape index (κ3) is 3.58. The van der Waals surface area contributed by atoms with Crippen molar-refractivity contribution in [3.05, 3.63) is 65.5 Å². The summed E-state index contributed by atoms with van der Waals surface area (Å²) < 4.78 is 25.7. The summed E-state index contributed by atoms with van der Waals surface area (Å²) in [6, 6.07) is 6.78. The highest BCUT2D eigenvalue weighted by Crippen LogP contribution is 2.08. The largest absolute Gasteiger partial charge is 0.352 e. The zero-order valence-electron chi connectivity index (χ0n) is 10.1. The fourth-order valence-electron chi connectivity index (χ4n) is 1.61. The first-order valence-corrected chi connectivity index (χ1v) is 5.79. The van der Waals surface area contributed by atoms with Crippen LogP contribution in [0.25, 0.3) is 0 Å². The second kappa shape index (κ2) is 6.04. The Kier molecular flexibility index (Phi) is 4.18. The van der Waals surface area contributed by atoms with Crippen molar-refractivity contribution in [1.82, 2.24) is 10.3 Å². The lowest BCUT2D eigenvalue weighted by Crippen LogP contribution is -2.25. The van der Waals surface area contributed by atoms with E-state index >= 15 is 0 Å². The second-order valence-corrected chi connectivity index (χ2v) is 4.00. The Hall–Kier alpha value is -2.30. The number of aromatic nitrogens is 1. The molecule has 0 saturated heterocycles. The molecule has 0 spiro atoms. The molecule has 0 saturated carbocycles. The molecule has 98 valence electrons. The summed E-state index contributed by atoms with van der Waals surface area (Å²) >= 11 is 0. The van der Waals surface area contributed by atoms with Gasteiger partial charge < -0.3 is 5.32 Å². The van der Waals surface area contributed by atoms with Crippen LogP contribution in [-0.2, 0) is 6.42 Å². The van der Waals surface area contributed by atoms with Crippen LogP contribution in [0.3, 0.4) is 0 Å². The van der Waals surface area contributed by atoms with E-state index < -0.39 is 17.5 Å². The van der Waals surface area contributed by atoms with Gasteiger partial charge in [-0.1, -0.05) is 6.07 Å². The molecular weight excluding hydrogens is 250 g/mol. The zero-order valence-corrected chi connectivity index (χ0v) is 10.1. The van der Waals surface area contributed by atoms with Crippen LogP contribution in [0, 0.1) is 11.6 Å². The van der Waals surface area contributed by atoms with Gasteiger partial charge in [-0.3, -0.25) is 9.78 Å². The number of benzene rings is 1. The first kappa shape index (κ1) is 13.1. The number of carbonyl (C=O) groups excluding carboxylic acids is 1. The third-order valence-electron chi connectivity index (χ3n) is 2.60. The minimum absolute atomic E-state index is 0.102. The van der Waals surface area contributed by atoms with Crippen LogP contribution in [0.1, 0.15) is 15.9 Å². The highest BCUT2D eigenvalue weighted by atomic mass is 19.2. The van der Waals surface area contributed by atoms with Crippen molar-refractivity contribution in [3.8, 4) is 0 Å². The van der Waals surface area contributed by atoms with Crippen LogP contribution in [0.5, 0.6) is 0 Å². The molecule has 0 atom stereocenters. The quantitative estimate of drug-likeness (QED) is 0.918. The van der Waals surface area contributed by atoms with Crippen molar-refractivity contribution in [3.63, 3.8) is 0 Å². The molecule has 3 nitrogen and oxygen atoms in total. The number of halogens is 2. The standard InChI is InChI=1S/C14H12F2N2O/c15-12-4-3-11(8-13(12)16)14(19)18-7-5-10-2-1-6-17-9-10/h1-4,6,8-9H,5,7H2,(H,18,19). The highest BCUT2D eigenvalue weighted by molar-refractivity contribution is 5.94. The molecule has 0 fully saturated rings. The number of pyridine rings is 1. The van der Waals surface area contributed by atoms with Gasteiger partial charge in [-0.15, -0.1) is 0 Å². The lowest BCUT2D eigenvalue weighted by atomic mass is 10.2. The van der Waals surface area contributed by atoms with E-state index in [-0.39, 0.29) is 5.56 Å². The molecule has 2 rings (SSSR count). The minimum Gasteiger partial charge on any atom is -0.352 e. The van der Waals surface area contributed by atoms with Crippen molar-refractivity contribution < 1.29 is 13.6 Å². The third-order valence-corrected chi connectivity index (χ3v) is 2.60. The molecule has 1 heterocycles. The van der Waals surface area contributed by atoms with Crippen molar-refractivity contribution in [2.45, 2.75) is 6.42 Å². The number of amides is 1. The fourth-order valence-corrected chi connectivity index (χ4v) is 1.61. The summed E-state index contributed by atoms with van der Waals surface area (Å²) in [7, 11) is 0. The topological polar surface area (TPSA) is 42.0 Å². The monoisotopic (exact) mass is 262 g/mol. The average molecular weight is 262 g/mol. The molecule has 19 heavy (non-hydrogen) atoms. The first-order chi connectivity index (χ1) is 9.16. The number of hydrogen-bond donors (Lipinski definition) is 1. The fraction of sp³-hybridized carbons (Fsp3) is 0.143. The normalized spacial score (nSPS) is 10.2. The smallest absolute Gasteiger partial charge is 0.251 e. The Bertz CT molecular complexity index is 573. The van der Waals surface area contributed by atoms with Gasteiger partial charge in [0.2, 0.25) is 0 Å². The number of nitrogens with zero attached hydrogens (tertiary/aromatic N) is 1. The van der Waals surface area contributed by atoms with E-state index in [2.05, 4.69) is 10.3 Å². The average Bonchev–Trinajstić information content (AvgIpc) is 2.43. The van der Waals surface area contributed by atoms with Gasteiger partial charge in [0.1, 0.15) is 0 Å². The lowest BCUT2D eigenvalue weighted by molar-refractivity contribution is 0.0953. The minimum atomic E-state index is -1.03. The molecule has 5 heteroatoms. The number of rotatable bonds is 4. The van der Waals surface area contributed by atoms with Crippen LogP contribution in [0.15, 0.2) is 42.7 Å². The van der Waals surface area contributed by atoms with E-state index in [9.17, 15) is 13.6 Å². The molecule has 1 aromatic carbocycles. The van der Waals surface area contributed by atoms with E-state index in [1.54, 1.807) is 12.4 Å². The van der Waals surface area contributed by atoms with Crippen molar-refractivity contribution >= 4 is 5.91 Å². The van der Waals surface area contributed by atoms with Crippen molar-refractivity contribution in [2.75, 3.05) is 6.54 Å². The molecule has 0 bridgehead atoms. The van der Waals surface area contributed by atoms with Crippen LogP contribution < -0.4 is 5.32 Å². The maximum absolute atomic E-state index is 13.0. The van der Waals surface area contributed by atoms with Gasteiger partial charge in [0, 0.05) is 24.5 Å². The van der Waals surface area contributed by atoms with Gasteiger partial charge in [0.05, 0.1) is 0 Å². The van der Waals surface area contributed by atoms with E-state index in [1.165, 1.54) is 6.07 Å². The Morgan fingerprint density at radius 3 is 2.74 bits per heavy atom.